The van der Waals surface area contributed by atoms with Crippen LogP contribution in [0.15, 0.2) is 23.9 Å². The summed E-state index contributed by atoms with van der Waals surface area (Å²) < 4.78 is 32.7. The van der Waals surface area contributed by atoms with Gasteiger partial charge in [-0.05, 0) is 25.6 Å². The van der Waals surface area contributed by atoms with E-state index in [1.54, 1.807) is 0 Å². The monoisotopic (exact) mass is 279 g/mol. The highest BCUT2D eigenvalue weighted by Crippen LogP contribution is 2.08. The van der Waals surface area contributed by atoms with Crippen LogP contribution in [0.3, 0.4) is 0 Å². The average Bonchev–Trinajstić information content (AvgIpc) is 2.25. The molecule has 0 atom stereocenters. The van der Waals surface area contributed by atoms with E-state index in [1.807, 2.05) is 0 Å². The third-order valence-corrected chi connectivity index (χ3v) is 2.49. The Bertz CT molecular complexity index is 268. The number of hydrogen-bond acceptors (Lipinski definition) is 5. The van der Waals surface area contributed by atoms with Crippen LogP contribution >= 0.6 is 0 Å². The first-order valence-corrected chi connectivity index (χ1v) is 7.31. The summed E-state index contributed by atoms with van der Waals surface area (Å²) in [7, 11) is -4.69. The lowest BCUT2D eigenvalue weighted by molar-refractivity contribution is -1.92. The minimum absolute atomic E-state index is 1.11. The van der Waals surface area contributed by atoms with Crippen molar-refractivity contribution in [1.82, 2.24) is 4.90 Å². The minimum atomic E-state index is -4.69. The number of unbranched alkanes of at least 4 members (excludes halogenated alkanes) is 3. The summed E-state index contributed by atoms with van der Waals surface area (Å²) in [6, 6.07) is 0. The number of rotatable bonds is 5. The first-order chi connectivity index (χ1) is 8.33. The fourth-order valence-electron chi connectivity index (χ4n) is 1.52. The molecule has 18 heavy (non-hydrogen) atoms. The minimum Gasteiger partial charge on any atom is -0.374 e. The molecule has 0 bridgehead atoms. The molecule has 0 radical (unpaired) electrons. The van der Waals surface area contributed by atoms with E-state index in [4.69, 9.17) is 18.6 Å². The van der Waals surface area contributed by atoms with E-state index in [0.29, 0.717) is 0 Å². The van der Waals surface area contributed by atoms with E-state index >= 15 is 0 Å². The quantitative estimate of drug-likeness (QED) is 0.667. The summed E-state index contributed by atoms with van der Waals surface area (Å²) >= 11 is 0. The molecule has 0 fully saturated rings. The van der Waals surface area contributed by atoms with Crippen LogP contribution in [0, 0.1) is 10.2 Å². The van der Waals surface area contributed by atoms with Crippen LogP contribution in [0.25, 0.3) is 0 Å². The van der Waals surface area contributed by atoms with Gasteiger partial charge >= 0.3 is 0 Å². The Hall–Kier alpha value is -0.590. The average molecular weight is 280 g/mol. The maximum absolute atomic E-state index is 8.60. The summed E-state index contributed by atoms with van der Waals surface area (Å²) in [6.07, 6.45) is 12.1. The molecule has 1 heterocycles. The fourth-order valence-corrected chi connectivity index (χ4v) is 1.52. The molecule has 5 nitrogen and oxygen atoms in total. The topological polar surface area (TPSA) is 92.7 Å². The van der Waals surface area contributed by atoms with Gasteiger partial charge in [-0.2, -0.15) is 14.0 Å². The van der Waals surface area contributed by atoms with E-state index in [0.717, 1.165) is 6.54 Å². The zero-order chi connectivity index (χ0) is 14.0. The van der Waals surface area contributed by atoms with Crippen molar-refractivity contribution in [2.45, 2.75) is 39.5 Å². The van der Waals surface area contributed by atoms with Gasteiger partial charge in [-0.25, -0.2) is 0 Å². The molecule has 1 aliphatic rings. The Morgan fingerprint density at radius 3 is 2.33 bits per heavy atom. The van der Waals surface area contributed by atoms with Crippen LogP contribution in [0.4, 0.5) is 0 Å². The molecule has 0 aromatic heterocycles. The molecular weight excluding hydrogens is 258 g/mol. The maximum Gasteiger partial charge on any atom is 0.0777 e. The molecule has 0 aliphatic carbocycles. The molecule has 106 valence electrons. The Morgan fingerprint density at radius 1 is 1.28 bits per heavy atom. The molecule has 0 saturated heterocycles. The van der Waals surface area contributed by atoms with Gasteiger partial charge in [-0.3, -0.25) is 0 Å². The van der Waals surface area contributed by atoms with Crippen LogP contribution in [-0.4, -0.2) is 22.6 Å². The van der Waals surface area contributed by atoms with Crippen molar-refractivity contribution >= 4 is 0 Å². The Kier molecular flexibility index (Phi) is 9.05. The third-order valence-electron chi connectivity index (χ3n) is 2.49. The summed E-state index contributed by atoms with van der Waals surface area (Å²) in [5.74, 6) is 0. The molecule has 0 aromatic carbocycles. The molecule has 0 spiro atoms. The number of nitrogens with zero attached hydrogens (tertiary/aromatic N) is 1. The van der Waals surface area contributed by atoms with Crippen molar-refractivity contribution in [1.29, 1.82) is 0 Å². The predicted molar refractivity (Wildman–Crippen MR) is 60.8 cm³/mol. The van der Waals surface area contributed by atoms with Gasteiger partial charge in [-0.15, -0.1) is 0 Å². The van der Waals surface area contributed by atoms with Crippen LogP contribution < -0.4 is 14.0 Å². The number of hydrogen-bond donors (Lipinski definition) is 1. The van der Waals surface area contributed by atoms with Crippen LogP contribution in [0.1, 0.15) is 39.5 Å². The number of halogens is 1. The van der Waals surface area contributed by atoms with Crippen molar-refractivity contribution in [3.8, 4) is 0 Å². The predicted octanol–water partition coefficient (Wildman–Crippen LogP) is -0.782. The number of allylic oxidation sites excluding steroid dienone is 2. The zero-order valence-electron chi connectivity index (χ0n) is 11.0. The zero-order valence-corrected chi connectivity index (χ0v) is 11.7. The van der Waals surface area contributed by atoms with Crippen molar-refractivity contribution in [2.75, 3.05) is 13.1 Å². The van der Waals surface area contributed by atoms with Gasteiger partial charge in [-0.1, -0.05) is 37.8 Å². The lowest BCUT2D eigenvalue weighted by Crippen LogP contribution is -2.58. The SMILES string of the molecule is CCCCCCN1C=CC(C)=CC1.[O-][Cl+3]([O-])([O-])O. The fraction of sp³-hybridized carbons (Fsp3) is 0.667. The van der Waals surface area contributed by atoms with Crippen molar-refractivity contribution in [3.63, 3.8) is 0 Å². The molecule has 0 amide bonds. The van der Waals surface area contributed by atoms with E-state index < -0.39 is 10.2 Å². The Balaban J connectivity index is 0.000000494. The van der Waals surface area contributed by atoms with Gasteiger partial charge in [0.05, 0.1) is 14.9 Å². The van der Waals surface area contributed by atoms with Gasteiger partial charge < -0.3 is 4.90 Å². The molecule has 1 rings (SSSR count). The highest BCUT2D eigenvalue weighted by Gasteiger charge is 2.00. The van der Waals surface area contributed by atoms with Crippen molar-refractivity contribution < 1.29 is 28.9 Å². The molecule has 0 aromatic rings. The summed E-state index contributed by atoms with van der Waals surface area (Å²) in [6.45, 7) is 6.74. The first kappa shape index (κ1) is 17.4. The lowest BCUT2D eigenvalue weighted by Gasteiger charge is -2.21. The first-order valence-electron chi connectivity index (χ1n) is 6.05. The Morgan fingerprint density at radius 2 is 1.89 bits per heavy atom. The molecule has 0 unspecified atom stereocenters. The van der Waals surface area contributed by atoms with Gasteiger partial charge in [0.1, 0.15) is 0 Å². The van der Waals surface area contributed by atoms with Crippen LogP contribution in [0.5, 0.6) is 0 Å². The highest BCUT2D eigenvalue weighted by atomic mass is 35.7. The second-order valence-electron chi connectivity index (χ2n) is 4.22. The van der Waals surface area contributed by atoms with Gasteiger partial charge in [0.15, 0.2) is 0 Å². The van der Waals surface area contributed by atoms with Crippen molar-refractivity contribution in [2.24, 2.45) is 0 Å². The second-order valence-corrected chi connectivity index (χ2v) is 5.01. The molecular formula is C12H22ClNO4. The normalized spacial score (nSPS) is 15.0. The summed E-state index contributed by atoms with van der Waals surface area (Å²) in [5.41, 5.74) is 1.39. The lowest BCUT2D eigenvalue weighted by atomic mass is 10.2. The van der Waals surface area contributed by atoms with Crippen molar-refractivity contribution in [3.05, 3.63) is 23.9 Å². The standard InChI is InChI=1S/C12H21N.ClHO4/c1-3-4-5-6-9-13-10-7-12(2)8-11-13;2-1(3,4)5/h7-8,10H,3-6,9,11H2,1-2H3;(H,2,3,4,5). The Labute approximate surface area is 111 Å². The van der Waals surface area contributed by atoms with Crippen LogP contribution in [-0.2, 0) is 0 Å². The molecule has 0 saturated carbocycles. The van der Waals surface area contributed by atoms with E-state index in [9.17, 15) is 0 Å². The van der Waals surface area contributed by atoms with E-state index in [1.165, 1.54) is 37.8 Å². The third kappa shape index (κ3) is 13.5. The van der Waals surface area contributed by atoms with Crippen LogP contribution in [0.2, 0.25) is 0 Å². The maximum atomic E-state index is 8.60. The molecule has 1 aliphatic heterocycles. The second kappa shape index (κ2) is 9.35. The summed E-state index contributed by atoms with van der Waals surface area (Å²) in [4.78, 5) is 2.39. The highest BCUT2D eigenvalue weighted by molar-refractivity contribution is 5.19. The van der Waals surface area contributed by atoms with Gasteiger partial charge in [0.2, 0.25) is 0 Å². The van der Waals surface area contributed by atoms with E-state index in [-0.39, 0.29) is 0 Å². The van der Waals surface area contributed by atoms with Gasteiger partial charge in [0, 0.05) is 13.1 Å². The van der Waals surface area contributed by atoms with Gasteiger partial charge in [0.25, 0.3) is 0 Å². The smallest absolute Gasteiger partial charge is 0.0777 e. The largest absolute Gasteiger partial charge is 0.374 e. The molecule has 6 heteroatoms. The summed E-state index contributed by atoms with van der Waals surface area (Å²) in [5, 5.41) is 0. The molecule has 1 N–H and O–H groups in total. The van der Waals surface area contributed by atoms with E-state index in [2.05, 4.69) is 37.1 Å².